The van der Waals surface area contributed by atoms with Crippen LogP contribution in [-0.4, -0.2) is 24.4 Å². The molecule has 0 atom stereocenters. The first-order valence-corrected chi connectivity index (χ1v) is 7.36. The molecule has 1 aromatic carbocycles. The minimum absolute atomic E-state index is 0.00769. The Morgan fingerprint density at radius 2 is 1.80 bits per heavy atom. The molecule has 0 bridgehead atoms. The second kappa shape index (κ2) is 7.29. The molecule has 1 fully saturated rings. The molecule has 0 saturated heterocycles. The van der Waals surface area contributed by atoms with Gasteiger partial charge in [0.15, 0.2) is 0 Å². The molecule has 0 spiro atoms. The van der Waals surface area contributed by atoms with E-state index in [1.807, 2.05) is 0 Å². The Kier molecular flexibility index (Phi) is 5.41. The van der Waals surface area contributed by atoms with Crippen molar-refractivity contribution in [2.45, 2.75) is 38.1 Å². The van der Waals surface area contributed by atoms with Crippen molar-refractivity contribution in [3.63, 3.8) is 0 Å². The number of hydrogen-bond donors (Lipinski definition) is 2. The van der Waals surface area contributed by atoms with Crippen LogP contribution in [0.3, 0.4) is 0 Å². The predicted molar refractivity (Wildman–Crippen MR) is 78.8 cm³/mol. The number of carbonyl (C=O) groups is 2. The van der Waals surface area contributed by atoms with Gasteiger partial charge in [-0.05, 0) is 37.1 Å². The fraction of sp³-hybridized carbons (Fsp3) is 0.467. The summed E-state index contributed by atoms with van der Waals surface area (Å²) in [6.07, 6.45) is 4.85. The number of halogens is 1. The van der Waals surface area contributed by atoms with Crippen molar-refractivity contribution in [1.82, 2.24) is 10.6 Å². The van der Waals surface area contributed by atoms with Crippen LogP contribution < -0.4 is 10.6 Å². The standard InChI is InChI=1S/C15H19ClN2O2/c16-12-7-5-11(6-8-12)15(20)17-10-9-14(19)18-13-3-1-2-4-13/h5-8,13H,1-4,9-10H2,(H,17,20)(H,18,19). The van der Waals surface area contributed by atoms with Crippen LogP contribution in [0.25, 0.3) is 0 Å². The van der Waals surface area contributed by atoms with Gasteiger partial charge in [0.1, 0.15) is 0 Å². The molecule has 1 saturated carbocycles. The van der Waals surface area contributed by atoms with Crippen LogP contribution in [0, 0.1) is 0 Å². The molecule has 1 aliphatic rings. The van der Waals surface area contributed by atoms with Crippen LogP contribution in [0.1, 0.15) is 42.5 Å². The fourth-order valence-electron chi connectivity index (χ4n) is 2.36. The van der Waals surface area contributed by atoms with Gasteiger partial charge in [-0.25, -0.2) is 0 Å². The molecule has 0 aromatic heterocycles. The number of benzene rings is 1. The monoisotopic (exact) mass is 294 g/mol. The molecule has 5 heteroatoms. The number of carbonyl (C=O) groups excluding carboxylic acids is 2. The van der Waals surface area contributed by atoms with Crippen LogP contribution >= 0.6 is 11.6 Å². The van der Waals surface area contributed by atoms with Crippen molar-refractivity contribution in [2.24, 2.45) is 0 Å². The highest BCUT2D eigenvalue weighted by molar-refractivity contribution is 6.30. The van der Waals surface area contributed by atoms with Gasteiger partial charge in [-0.2, -0.15) is 0 Å². The van der Waals surface area contributed by atoms with Crippen molar-refractivity contribution in [1.29, 1.82) is 0 Å². The number of rotatable bonds is 5. The van der Waals surface area contributed by atoms with Crippen molar-refractivity contribution in [3.8, 4) is 0 Å². The van der Waals surface area contributed by atoms with E-state index < -0.39 is 0 Å². The molecular formula is C15H19ClN2O2. The topological polar surface area (TPSA) is 58.2 Å². The molecule has 2 amide bonds. The van der Waals surface area contributed by atoms with Crippen LogP contribution in [0.15, 0.2) is 24.3 Å². The normalized spacial score (nSPS) is 15.1. The Bertz CT molecular complexity index is 467. The van der Waals surface area contributed by atoms with E-state index >= 15 is 0 Å². The summed E-state index contributed by atoms with van der Waals surface area (Å²) in [5.41, 5.74) is 0.547. The maximum atomic E-state index is 11.8. The van der Waals surface area contributed by atoms with Gasteiger partial charge < -0.3 is 10.6 Å². The predicted octanol–water partition coefficient (Wildman–Crippen LogP) is 2.52. The second-order valence-electron chi connectivity index (χ2n) is 5.06. The summed E-state index contributed by atoms with van der Waals surface area (Å²) >= 11 is 5.76. The molecule has 20 heavy (non-hydrogen) atoms. The molecule has 2 N–H and O–H groups in total. The van der Waals surface area contributed by atoms with Crippen LogP contribution in [0.2, 0.25) is 5.02 Å². The van der Waals surface area contributed by atoms with Gasteiger partial charge in [0.05, 0.1) is 0 Å². The van der Waals surface area contributed by atoms with Crippen LogP contribution in [0.5, 0.6) is 0 Å². The summed E-state index contributed by atoms with van der Waals surface area (Å²) in [5, 5.41) is 6.32. The Morgan fingerprint density at radius 1 is 1.15 bits per heavy atom. The Balaban J connectivity index is 1.68. The molecule has 108 valence electrons. The van der Waals surface area contributed by atoms with Gasteiger partial charge in [0, 0.05) is 29.6 Å². The first kappa shape index (κ1) is 14.9. The summed E-state index contributed by atoms with van der Waals surface area (Å²) in [5.74, 6) is -0.177. The van der Waals surface area contributed by atoms with E-state index in [4.69, 9.17) is 11.6 Å². The van der Waals surface area contributed by atoms with E-state index in [1.54, 1.807) is 24.3 Å². The van der Waals surface area contributed by atoms with Gasteiger partial charge in [0.2, 0.25) is 5.91 Å². The lowest BCUT2D eigenvalue weighted by molar-refractivity contribution is -0.121. The quantitative estimate of drug-likeness (QED) is 0.877. The van der Waals surface area contributed by atoms with Gasteiger partial charge in [-0.15, -0.1) is 0 Å². The SMILES string of the molecule is O=C(CCNC(=O)c1ccc(Cl)cc1)NC1CCCC1. The lowest BCUT2D eigenvalue weighted by Crippen LogP contribution is -2.35. The third kappa shape index (κ3) is 4.53. The second-order valence-corrected chi connectivity index (χ2v) is 5.50. The molecule has 0 heterocycles. The highest BCUT2D eigenvalue weighted by atomic mass is 35.5. The van der Waals surface area contributed by atoms with Crippen molar-refractivity contribution in [3.05, 3.63) is 34.9 Å². The Morgan fingerprint density at radius 3 is 2.45 bits per heavy atom. The number of hydrogen-bond acceptors (Lipinski definition) is 2. The molecule has 1 aliphatic carbocycles. The summed E-state index contributed by atoms with van der Waals surface area (Å²) < 4.78 is 0. The first-order valence-electron chi connectivity index (χ1n) is 6.98. The van der Waals surface area contributed by atoms with Gasteiger partial charge in [-0.3, -0.25) is 9.59 Å². The Hall–Kier alpha value is -1.55. The molecule has 0 aliphatic heterocycles. The van der Waals surface area contributed by atoms with Crippen molar-refractivity contribution < 1.29 is 9.59 Å². The van der Waals surface area contributed by atoms with E-state index in [-0.39, 0.29) is 11.8 Å². The maximum absolute atomic E-state index is 11.8. The molecule has 4 nitrogen and oxygen atoms in total. The average molecular weight is 295 g/mol. The third-order valence-corrected chi connectivity index (χ3v) is 3.72. The minimum atomic E-state index is -0.185. The maximum Gasteiger partial charge on any atom is 0.251 e. The zero-order valence-electron chi connectivity index (χ0n) is 11.3. The minimum Gasteiger partial charge on any atom is -0.353 e. The molecule has 2 rings (SSSR count). The van der Waals surface area contributed by atoms with Crippen LogP contribution in [0.4, 0.5) is 0 Å². The van der Waals surface area contributed by atoms with E-state index in [1.165, 1.54) is 12.8 Å². The highest BCUT2D eigenvalue weighted by Crippen LogP contribution is 2.17. The van der Waals surface area contributed by atoms with E-state index in [0.29, 0.717) is 29.6 Å². The zero-order chi connectivity index (χ0) is 14.4. The number of nitrogens with one attached hydrogen (secondary N) is 2. The van der Waals surface area contributed by atoms with Crippen molar-refractivity contribution >= 4 is 23.4 Å². The largest absolute Gasteiger partial charge is 0.353 e. The average Bonchev–Trinajstić information content (AvgIpc) is 2.92. The van der Waals surface area contributed by atoms with Gasteiger partial charge in [0.25, 0.3) is 5.91 Å². The lowest BCUT2D eigenvalue weighted by Gasteiger charge is -2.12. The molecule has 0 radical (unpaired) electrons. The van der Waals surface area contributed by atoms with Crippen LogP contribution in [-0.2, 0) is 4.79 Å². The van der Waals surface area contributed by atoms with E-state index in [0.717, 1.165) is 12.8 Å². The van der Waals surface area contributed by atoms with Gasteiger partial charge in [-0.1, -0.05) is 24.4 Å². The fourth-order valence-corrected chi connectivity index (χ4v) is 2.49. The third-order valence-electron chi connectivity index (χ3n) is 3.46. The molecule has 1 aromatic rings. The smallest absolute Gasteiger partial charge is 0.251 e. The molecular weight excluding hydrogens is 276 g/mol. The number of amides is 2. The summed E-state index contributed by atoms with van der Waals surface area (Å²) in [6, 6.07) is 6.99. The van der Waals surface area contributed by atoms with Crippen molar-refractivity contribution in [2.75, 3.05) is 6.54 Å². The highest BCUT2D eigenvalue weighted by Gasteiger charge is 2.16. The Labute approximate surface area is 123 Å². The zero-order valence-corrected chi connectivity index (χ0v) is 12.1. The molecule has 0 unspecified atom stereocenters. The summed E-state index contributed by atoms with van der Waals surface area (Å²) in [4.78, 5) is 23.5. The first-order chi connectivity index (χ1) is 9.65. The lowest BCUT2D eigenvalue weighted by atomic mass is 10.2. The summed E-state index contributed by atoms with van der Waals surface area (Å²) in [7, 11) is 0. The van der Waals surface area contributed by atoms with Gasteiger partial charge >= 0.3 is 0 Å². The van der Waals surface area contributed by atoms with E-state index in [2.05, 4.69) is 10.6 Å². The summed E-state index contributed by atoms with van der Waals surface area (Å²) in [6.45, 7) is 0.347. The van der Waals surface area contributed by atoms with E-state index in [9.17, 15) is 9.59 Å².